The Morgan fingerprint density at radius 1 is 0.976 bits per heavy atom. The molecule has 0 saturated carbocycles. The number of fused-ring (bicyclic) bond motifs is 1. The highest BCUT2D eigenvalue weighted by atomic mass is 19.4. The Hall–Kier alpha value is -2.54. The molecule has 2 aliphatic heterocycles. The molecule has 2 saturated heterocycles. The lowest BCUT2D eigenvalue weighted by Crippen LogP contribution is -2.51. The van der Waals surface area contributed by atoms with Gasteiger partial charge in [0.05, 0.1) is 11.8 Å². The summed E-state index contributed by atoms with van der Waals surface area (Å²) in [6.07, 6.45) is -3.33. The normalized spacial score (nSPS) is 23.7. The zero-order chi connectivity index (χ0) is 29.3. The molecule has 2 fully saturated rings. The molecule has 5 rings (SSSR count). The zero-order valence-corrected chi connectivity index (χ0v) is 23.9. The van der Waals surface area contributed by atoms with Crippen LogP contribution >= 0.6 is 0 Å². The first-order valence-corrected chi connectivity index (χ1v) is 14.5. The number of anilines is 1. The molecule has 1 aromatic heterocycles. The monoisotopic (exact) mass is 580 g/mol. The highest BCUT2D eigenvalue weighted by Gasteiger charge is 2.35. The number of alkyl halides is 3. The fourth-order valence-electron chi connectivity index (χ4n) is 6.43. The maximum absolute atomic E-state index is 14.7. The first-order chi connectivity index (χ1) is 19.5. The molecular weight excluding hydrogens is 540 g/mol. The quantitative estimate of drug-likeness (QED) is 0.471. The smallest absolute Gasteiger partial charge is 0.403 e. The summed E-state index contributed by atoms with van der Waals surface area (Å²) < 4.78 is 56.8. The number of nitrogens with zero attached hydrogens (tertiary/aromatic N) is 6. The molecular formula is C29H40F4N6O2. The number of piperazine rings is 2. The van der Waals surface area contributed by atoms with E-state index in [0.29, 0.717) is 31.1 Å². The van der Waals surface area contributed by atoms with Crippen LogP contribution in [-0.4, -0.2) is 108 Å². The van der Waals surface area contributed by atoms with Gasteiger partial charge in [-0.3, -0.25) is 9.80 Å². The molecule has 1 N–H and O–H groups in total. The van der Waals surface area contributed by atoms with Crippen LogP contribution in [-0.2, 0) is 0 Å². The number of aromatic nitrogens is 2. The van der Waals surface area contributed by atoms with Crippen molar-refractivity contribution in [2.45, 2.75) is 57.5 Å². The third-order valence-corrected chi connectivity index (χ3v) is 8.70. The van der Waals surface area contributed by atoms with Gasteiger partial charge in [-0.1, -0.05) is 13.0 Å². The fraction of sp³-hybridized carbons (Fsp3) is 0.655. The average Bonchev–Trinajstić information content (AvgIpc) is 3.23. The molecule has 0 unspecified atom stereocenters. The lowest BCUT2D eigenvalue weighted by Gasteiger charge is -2.41. The number of rotatable bonds is 8. The number of hydrogen-bond acceptors (Lipinski definition) is 8. The van der Waals surface area contributed by atoms with Crippen LogP contribution in [0.25, 0.3) is 0 Å². The van der Waals surface area contributed by atoms with Gasteiger partial charge < -0.3 is 19.6 Å². The Balaban J connectivity index is 1.28. The van der Waals surface area contributed by atoms with Crippen molar-refractivity contribution in [3.63, 3.8) is 0 Å². The minimum absolute atomic E-state index is 0.0833. The molecule has 3 atom stereocenters. The maximum atomic E-state index is 14.7. The summed E-state index contributed by atoms with van der Waals surface area (Å²) in [6.45, 7) is 14.5. The van der Waals surface area contributed by atoms with Crippen molar-refractivity contribution >= 4 is 5.82 Å². The van der Waals surface area contributed by atoms with E-state index in [0.717, 1.165) is 75.5 Å². The Morgan fingerprint density at radius 3 is 2.20 bits per heavy atom. The topological polar surface area (TPSA) is 68.2 Å². The first-order valence-electron chi connectivity index (χ1n) is 14.5. The third-order valence-electron chi connectivity index (χ3n) is 8.70. The van der Waals surface area contributed by atoms with Gasteiger partial charge in [0.2, 0.25) is 0 Å². The highest BCUT2D eigenvalue weighted by molar-refractivity contribution is 5.53. The van der Waals surface area contributed by atoms with Crippen molar-refractivity contribution in [2.75, 3.05) is 70.3 Å². The van der Waals surface area contributed by atoms with Crippen LogP contribution in [0, 0.1) is 5.82 Å². The van der Waals surface area contributed by atoms with Gasteiger partial charge in [0.15, 0.2) is 11.6 Å². The van der Waals surface area contributed by atoms with Gasteiger partial charge in [-0.05, 0) is 43.9 Å². The molecule has 3 aliphatic rings. The standard InChI is InChI=1S/C29H40F4N6O2/c1-19(2)38-10-6-36(7-11-38)16-22(21-4-5-25(23(30)15-21)41-29(31,32)33)17-37-8-12-39(13-9-37)28-26-20(3)14-24(40)27(26)34-18-35-28/h4-5,15,18-20,22,24,40H,6-14,16-17H2,1-3H3/t20-,22+,24-/m1/s1. The molecule has 41 heavy (non-hydrogen) atoms. The van der Waals surface area contributed by atoms with E-state index in [9.17, 15) is 22.7 Å². The molecule has 3 heterocycles. The molecule has 0 spiro atoms. The van der Waals surface area contributed by atoms with E-state index in [1.54, 1.807) is 6.07 Å². The second-order valence-corrected chi connectivity index (χ2v) is 11.8. The number of benzene rings is 1. The number of hydrogen-bond donors (Lipinski definition) is 1. The molecule has 1 aliphatic carbocycles. The van der Waals surface area contributed by atoms with Crippen LogP contribution in [0.5, 0.6) is 5.75 Å². The Bertz CT molecular complexity index is 1180. The second-order valence-electron chi connectivity index (χ2n) is 11.8. The summed E-state index contributed by atoms with van der Waals surface area (Å²) in [6, 6.07) is 4.32. The number of halogens is 4. The molecule has 1 aromatic carbocycles. The van der Waals surface area contributed by atoms with Gasteiger partial charge in [-0.15, -0.1) is 13.2 Å². The number of ether oxygens (including phenoxy) is 1. The van der Waals surface area contributed by atoms with Crippen molar-refractivity contribution in [1.82, 2.24) is 24.7 Å². The Labute approximate surface area is 238 Å². The average molecular weight is 581 g/mol. The van der Waals surface area contributed by atoms with E-state index < -0.39 is 24.0 Å². The summed E-state index contributed by atoms with van der Waals surface area (Å²) in [5, 5.41) is 10.4. The lowest BCUT2D eigenvalue weighted by atomic mass is 9.96. The van der Waals surface area contributed by atoms with Crippen molar-refractivity contribution in [2.24, 2.45) is 0 Å². The van der Waals surface area contributed by atoms with E-state index in [-0.39, 0.29) is 11.8 Å². The van der Waals surface area contributed by atoms with Crippen molar-refractivity contribution < 1.29 is 27.4 Å². The number of aliphatic hydroxyl groups excluding tert-OH is 1. The van der Waals surface area contributed by atoms with E-state index in [1.807, 2.05) is 0 Å². The van der Waals surface area contributed by atoms with Crippen molar-refractivity contribution in [3.05, 3.63) is 47.2 Å². The van der Waals surface area contributed by atoms with Crippen LogP contribution in [0.2, 0.25) is 0 Å². The summed E-state index contributed by atoms with van der Waals surface area (Å²) >= 11 is 0. The van der Waals surface area contributed by atoms with Crippen LogP contribution in [0.4, 0.5) is 23.4 Å². The minimum Gasteiger partial charge on any atom is -0.403 e. The molecule has 226 valence electrons. The SMILES string of the molecule is CC(C)N1CCN(C[C@@H](CN2CCN(c3ncnc4c3[C@H](C)C[C@H]4O)CC2)c2ccc(OC(F)(F)F)c(F)c2)CC1. The molecule has 0 bridgehead atoms. The highest BCUT2D eigenvalue weighted by Crippen LogP contribution is 2.43. The van der Waals surface area contributed by atoms with Crippen LogP contribution in [0.15, 0.2) is 24.5 Å². The Kier molecular flexibility index (Phi) is 9.03. The van der Waals surface area contributed by atoms with Gasteiger partial charge in [0.1, 0.15) is 12.1 Å². The van der Waals surface area contributed by atoms with Crippen molar-refractivity contribution in [1.29, 1.82) is 0 Å². The summed E-state index contributed by atoms with van der Waals surface area (Å²) in [4.78, 5) is 18.3. The zero-order valence-electron chi connectivity index (χ0n) is 23.9. The fourth-order valence-corrected chi connectivity index (χ4v) is 6.43. The van der Waals surface area contributed by atoms with E-state index in [2.05, 4.69) is 55.1 Å². The molecule has 0 amide bonds. The van der Waals surface area contributed by atoms with Gasteiger partial charge in [0.25, 0.3) is 0 Å². The predicted molar refractivity (Wildman–Crippen MR) is 148 cm³/mol. The first kappa shape index (κ1) is 29.9. The third kappa shape index (κ3) is 7.10. The van der Waals surface area contributed by atoms with Gasteiger partial charge in [-0.2, -0.15) is 0 Å². The van der Waals surface area contributed by atoms with E-state index in [1.165, 1.54) is 12.4 Å². The summed E-state index contributed by atoms with van der Waals surface area (Å²) in [5.41, 5.74) is 2.42. The van der Waals surface area contributed by atoms with E-state index in [4.69, 9.17) is 0 Å². The van der Waals surface area contributed by atoms with Gasteiger partial charge >= 0.3 is 6.36 Å². The molecule has 0 radical (unpaired) electrons. The summed E-state index contributed by atoms with van der Waals surface area (Å²) in [5.74, 6) is -0.821. The van der Waals surface area contributed by atoms with Gasteiger partial charge in [0, 0.05) is 83.0 Å². The Morgan fingerprint density at radius 2 is 1.61 bits per heavy atom. The number of aliphatic hydroxyl groups is 1. The van der Waals surface area contributed by atoms with Gasteiger partial charge in [-0.25, -0.2) is 14.4 Å². The lowest BCUT2D eigenvalue weighted by molar-refractivity contribution is -0.275. The molecule has 12 heteroatoms. The van der Waals surface area contributed by atoms with Crippen molar-refractivity contribution in [3.8, 4) is 5.75 Å². The van der Waals surface area contributed by atoms with Crippen LogP contribution < -0.4 is 9.64 Å². The van der Waals surface area contributed by atoms with Crippen LogP contribution in [0.1, 0.15) is 62.0 Å². The maximum Gasteiger partial charge on any atom is 0.573 e. The second kappa shape index (κ2) is 12.4. The largest absolute Gasteiger partial charge is 0.573 e. The van der Waals surface area contributed by atoms with E-state index >= 15 is 0 Å². The molecule has 2 aromatic rings. The summed E-state index contributed by atoms with van der Waals surface area (Å²) in [7, 11) is 0. The molecule has 8 nitrogen and oxygen atoms in total. The minimum atomic E-state index is -4.95. The predicted octanol–water partition coefficient (Wildman–Crippen LogP) is 3.99. The van der Waals surface area contributed by atoms with Crippen LogP contribution in [0.3, 0.4) is 0 Å².